The Morgan fingerprint density at radius 2 is 1.71 bits per heavy atom. The zero-order chi connectivity index (χ0) is 29.5. The second-order valence-corrected chi connectivity index (χ2v) is 10.2. The van der Waals surface area contributed by atoms with Crippen LogP contribution in [0.3, 0.4) is 0 Å². The minimum absolute atomic E-state index is 0.177. The average molecular weight is 587 g/mol. The number of ketones is 1. The molecule has 0 amide bonds. The summed E-state index contributed by atoms with van der Waals surface area (Å²) in [5.41, 5.74) is -0.954. The molecule has 0 atom stereocenters. The number of H-pyrrole nitrogens is 1. The number of ether oxygens (including phenoxy) is 2. The van der Waals surface area contributed by atoms with E-state index in [-0.39, 0.29) is 22.5 Å². The van der Waals surface area contributed by atoms with Gasteiger partial charge in [0.2, 0.25) is 17.5 Å². The van der Waals surface area contributed by atoms with Crippen molar-refractivity contribution < 1.29 is 40.2 Å². The standard InChI is InChI=1S/C27H18F4N4O5S/c1-39-22-8-4-15(27(34-22)40-2)13-9-16-17(12-33-26(16)32-11-13)25(36)23-19(30)6-7-20(24(23)31)35-41(37,38)21-10-14(28)3-5-18(21)29/h3-12,35H,1-2H3,(H,32,33). The smallest absolute Gasteiger partial charge is 0.265 e. The second kappa shape index (κ2) is 10.5. The average Bonchev–Trinajstić information content (AvgIpc) is 3.38. The first kappa shape index (κ1) is 27.6. The van der Waals surface area contributed by atoms with Crippen LogP contribution in [0.2, 0.25) is 0 Å². The first-order chi connectivity index (χ1) is 19.5. The highest BCUT2D eigenvalue weighted by molar-refractivity contribution is 7.92. The number of sulfonamides is 1. The topological polar surface area (TPSA) is 123 Å². The van der Waals surface area contributed by atoms with Gasteiger partial charge in [-0.3, -0.25) is 9.52 Å². The van der Waals surface area contributed by atoms with Gasteiger partial charge in [-0.15, -0.1) is 0 Å². The minimum atomic E-state index is -4.86. The number of halogens is 4. The summed E-state index contributed by atoms with van der Waals surface area (Å²) in [6.07, 6.45) is 2.67. The van der Waals surface area contributed by atoms with Gasteiger partial charge in [0.15, 0.2) is 5.82 Å². The van der Waals surface area contributed by atoms with Crippen LogP contribution in [-0.2, 0) is 10.0 Å². The Hall–Kier alpha value is -4.98. The van der Waals surface area contributed by atoms with Gasteiger partial charge in [0, 0.05) is 40.5 Å². The summed E-state index contributed by atoms with van der Waals surface area (Å²) in [5, 5.41) is 0.192. The van der Waals surface area contributed by atoms with E-state index in [9.17, 15) is 26.4 Å². The SMILES string of the molecule is COc1ccc(-c2cnc3[nH]cc(C(=O)c4c(F)ccc(NS(=O)(=O)c5cc(F)ccc5F)c4F)c3c2)c(OC)n1. The molecule has 0 spiro atoms. The molecule has 0 aliphatic carbocycles. The lowest BCUT2D eigenvalue weighted by Gasteiger charge is -2.12. The van der Waals surface area contributed by atoms with Crippen LogP contribution in [0, 0.1) is 23.3 Å². The van der Waals surface area contributed by atoms with Crippen molar-refractivity contribution in [3.8, 4) is 22.9 Å². The molecule has 3 heterocycles. The summed E-state index contributed by atoms with van der Waals surface area (Å²) in [6, 6.07) is 7.83. The van der Waals surface area contributed by atoms with Gasteiger partial charge in [-0.2, -0.15) is 4.98 Å². The number of rotatable bonds is 8. The summed E-state index contributed by atoms with van der Waals surface area (Å²) in [7, 11) is -2.03. The Morgan fingerprint density at radius 3 is 2.44 bits per heavy atom. The monoisotopic (exact) mass is 586 g/mol. The van der Waals surface area contributed by atoms with Crippen molar-refractivity contribution in [2.24, 2.45) is 0 Å². The van der Waals surface area contributed by atoms with Gasteiger partial charge < -0.3 is 14.5 Å². The molecule has 5 aromatic rings. The Balaban J connectivity index is 1.56. The second-order valence-electron chi connectivity index (χ2n) is 8.53. The van der Waals surface area contributed by atoms with E-state index in [1.165, 1.54) is 32.7 Å². The van der Waals surface area contributed by atoms with E-state index < -0.39 is 55.2 Å². The molecule has 0 unspecified atom stereocenters. The number of aromatic amines is 1. The van der Waals surface area contributed by atoms with E-state index in [1.54, 1.807) is 16.9 Å². The quantitative estimate of drug-likeness (QED) is 0.189. The summed E-state index contributed by atoms with van der Waals surface area (Å²) < 4.78 is 95.5. The number of nitrogens with zero attached hydrogens (tertiary/aromatic N) is 2. The fraction of sp³-hybridized carbons (Fsp3) is 0.0741. The van der Waals surface area contributed by atoms with Crippen LogP contribution in [0.4, 0.5) is 23.2 Å². The highest BCUT2D eigenvalue weighted by Gasteiger charge is 2.28. The van der Waals surface area contributed by atoms with Crippen LogP contribution in [0.25, 0.3) is 22.2 Å². The normalized spacial score (nSPS) is 11.5. The number of pyridine rings is 2. The Morgan fingerprint density at radius 1 is 0.951 bits per heavy atom. The van der Waals surface area contributed by atoms with Crippen molar-refractivity contribution >= 4 is 32.5 Å². The highest BCUT2D eigenvalue weighted by Crippen LogP contribution is 2.34. The molecule has 14 heteroatoms. The lowest BCUT2D eigenvalue weighted by atomic mass is 10.00. The largest absolute Gasteiger partial charge is 0.481 e. The van der Waals surface area contributed by atoms with E-state index in [0.717, 1.165) is 0 Å². The third kappa shape index (κ3) is 5.04. The number of hydrogen-bond donors (Lipinski definition) is 2. The van der Waals surface area contributed by atoms with Gasteiger partial charge in [0.25, 0.3) is 10.0 Å². The number of methoxy groups -OCH3 is 2. The zero-order valence-corrected chi connectivity index (χ0v) is 21.9. The van der Waals surface area contributed by atoms with Gasteiger partial charge in [0.1, 0.15) is 28.0 Å². The molecule has 5 rings (SSSR count). The van der Waals surface area contributed by atoms with Crippen molar-refractivity contribution in [1.29, 1.82) is 0 Å². The number of nitrogens with one attached hydrogen (secondary N) is 2. The maximum atomic E-state index is 15.5. The molecular formula is C27H18F4N4O5S. The van der Waals surface area contributed by atoms with E-state index in [0.29, 0.717) is 47.3 Å². The molecule has 0 fully saturated rings. The number of carbonyl (C=O) groups is 1. The molecule has 0 saturated carbocycles. The highest BCUT2D eigenvalue weighted by atomic mass is 32.2. The number of anilines is 1. The van der Waals surface area contributed by atoms with Crippen LogP contribution in [-0.4, -0.2) is 43.4 Å². The molecule has 0 saturated heterocycles. The Labute approximate surface area is 229 Å². The van der Waals surface area contributed by atoms with E-state index in [2.05, 4.69) is 15.0 Å². The summed E-state index contributed by atoms with van der Waals surface area (Å²) >= 11 is 0. The molecule has 41 heavy (non-hydrogen) atoms. The fourth-order valence-corrected chi connectivity index (χ4v) is 5.26. The maximum absolute atomic E-state index is 15.5. The van der Waals surface area contributed by atoms with Gasteiger partial charge in [-0.25, -0.2) is 31.0 Å². The van der Waals surface area contributed by atoms with Crippen molar-refractivity contribution in [1.82, 2.24) is 15.0 Å². The van der Waals surface area contributed by atoms with Crippen molar-refractivity contribution in [3.63, 3.8) is 0 Å². The van der Waals surface area contributed by atoms with Crippen molar-refractivity contribution in [2.45, 2.75) is 4.90 Å². The molecular weight excluding hydrogens is 568 g/mol. The van der Waals surface area contributed by atoms with Crippen LogP contribution in [0.15, 0.2) is 65.8 Å². The Kier molecular flexibility index (Phi) is 7.09. The first-order valence-corrected chi connectivity index (χ1v) is 13.1. The summed E-state index contributed by atoms with van der Waals surface area (Å²) in [5.74, 6) is -5.86. The predicted octanol–water partition coefficient (Wildman–Crippen LogP) is 5.23. The molecule has 210 valence electrons. The van der Waals surface area contributed by atoms with Crippen LogP contribution in [0.1, 0.15) is 15.9 Å². The van der Waals surface area contributed by atoms with Crippen molar-refractivity contribution in [3.05, 3.63) is 95.3 Å². The van der Waals surface area contributed by atoms with E-state index in [1.807, 2.05) is 0 Å². The summed E-state index contributed by atoms with van der Waals surface area (Å²) in [6.45, 7) is 0. The van der Waals surface area contributed by atoms with Crippen LogP contribution < -0.4 is 14.2 Å². The van der Waals surface area contributed by atoms with E-state index in [4.69, 9.17) is 9.47 Å². The summed E-state index contributed by atoms with van der Waals surface area (Å²) in [4.78, 5) is 23.6. The van der Waals surface area contributed by atoms with Gasteiger partial charge in [0.05, 0.1) is 25.5 Å². The predicted molar refractivity (Wildman–Crippen MR) is 139 cm³/mol. The maximum Gasteiger partial charge on any atom is 0.265 e. The number of benzene rings is 2. The van der Waals surface area contributed by atoms with Crippen LogP contribution in [0.5, 0.6) is 11.8 Å². The number of hydrogen-bond acceptors (Lipinski definition) is 7. The molecule has 0 aliphatic heterocycles. The van der Waals surface area contributed by atoms with E-state index >= 15 is 4.39 Å². The van der Waals surface area contributed by atoms with Gasteiger partial charge >= 0.3 is 0 Å². The molecule has 2 N–H and O–H groups in total. The lowest BCUT2D eigenvalue weighted by molar-refractivity contribution is 0.103. The van der Waals surface area contributed by atoms with Gasteiger partial charge in [-0.1, -0.05) is 0 Å². The Bertz CT molecular complexity index is 1950. The molecule has 3 aromatic heterocycles. The number of fused-ring (bicyclic) bond motifs is 1. The number of aromatic nitrogens is 3. The first-order valence-electron chi connectivity index (χ1n) is 11.6. The molecule has 0 radical (unpaired) electrons. The zero-order valence-electron chi connectivity index (χ0n) is 21.1. The van der Waals surface area contributed by atoms with Crippen molar-refractivity contribution in [2.75, 3.05) is 18.9 Å². The molecule has 0 aliphatic rings. The minimum Gasteiger partial charge on any atom is -0.481 e. The molecule has 0 bridgehead atoms. The van der Waals surface area contributed by atoms with Crippen LogP contribution >= 0.6 is 0 Å². The van der Waals surface area contributed by atoms with Gasteiger partial charge in [-0.05, 0) is 42.5 Å². The molecule has 2 aromatic carbocycles. The fourth-order valence-electron chi connectivity index (χ4n) is 4.11. The third-order valence-corrected chi connectivity index (χ3v) is 7.45. The number of carbonyl (C=O) groups excluding carboxylic acids is 1. The third-order valence-electron chi connectivity index (χ3n) is 6.07. The lowest BCUT2D eigenvalue weighted by Crippen LogP contribution is -2.17. The molecule has 9 nitrogen and oxygen atoms in total.